The molecular weight excluding hydrogens is 301 g/mol. The van der Waals surface area contributed by atoms with E-state index in [4.69, 9.17) is 4.74 Å². The van der Waals surface area contributed by atoms with Gasteiger partial charge in [0.15, 0.2) is 0 Å². The highest BCUT2D eigenvalue weighted by molar-refractivity contribution is 5.66. The second-order valence-electron chi connectivity index (χ2n) is 5.72. The Labute approximate surface area is 124 Å². The van der Waals surface area contributed by atoms with Gasteiger partial charge in [-0.05, 0) is 31.2 Å². The van der Waals surface area contributed by atoms with Crippen molar-refractivity contribution in [2.24, 2.45) is 5.92 Å². The third-order valence-corrected chi connectivity index (χ3v) is 4.30. The number of halogens is 3. The highest BCUT2D eigenvalue weighted by Gasteiger charge is 2.44. The van der Waals surface area contributed by atoms with Crippen LogP contribution in [-0.4, -0.2) is 39.8 Å². The van der Waals surface area contributed by atoms with Crippen LogP contribution in [0, 0.1) is 5.92 Å². The lowest BCUT2D eigenvalue weighted by Crippen LogP contribution is -2.59. The molecule has 1 aromatic heterocycles. The maximum atomic E-state index is 12.5. The Morgan fingerprint density at radius 2 is 2.14 bits per heavy atom. The number of ether oxygens (including phenoxy) is 1. The Kier molecular flexibility index (Phi) is 3.62. The van der Waals surface area contributed by atoms with E-state index in [2.05, 4.69) is 4.98 Å². The van der Waals surface area contributed by atoms with Crippen LogP contribution < -0.4 is 4.74 Å². The minimum Gasteiger partial charge on any atom is -0.472 e. The molecule has 0 aromatic carbocycles. The molecule has 3 unspecified atom stereocenters. The summed E-state index contributed by atoms with van der Waals surface area (Å²) < 4.78 is 43.1. The first-order valence-corrected chi connectivity index (χ1v) is 7.04. The molecule has 2 aliphatic heterocycles. The van der Waals surface area contributed by atoms with Gasteiger partial charge >= 0.3 is 12.3 Å². The monoisotopic (exact) mass is 316 g/mol. The van der Waals surface area contributed by atoms with Crippen LogP contribution in [0.5, 0.6) is 5.88 Å². The molecule has 0 radical (unpaired) electrons. The molecule has 1 N–H and O–H groups in total. The van der Waals surface area contributed by atoms with E-state index in [1.165, 1.54) is 11.0 Å². The van der Waals surface area contributed by atoms with Gasteiger partial charge < -0.3 is 14.7 Å². The van der Waals surface area contributed by atoms with Crippen molar-refractivity contribution in [2.75, 3.05) is 6.54 Å². The predicted molar refractivity (Wildman–Crippen MR) is 69.5 cm³/mol. The van der Waals surface area contributed by atoms with E-state index in [0.29, 0.717) is 19.4 Å². The minimum absolute atomic E-state index is 0.0934. The van der Waals surface area contributed by atoms with E-state index in [9.17, 15) is 23.1 Å². The number of alkyl halides is 3. The van der Waals surface area contributed by atoms with Gasteiger partial charge in [-0.15, -0.1) is 0 Å². The van der Waals surface area contributed by atoms with Crippen molar-refractivity contribution in [2.45, 2.75) is 37.6 Å². The van der Waals surface area contributed by atoms with Crippen LogP contribution in [0.3, 0.4) is 0 Å². The number of hydrogen-bond acceptors (Lipinski definition) is 3. The quantitative estimate of drug-likeness (QED) is 0.911. The molecule has 1 aliphatic carbocycles. The van der Waals surface area contributed by atoms with Crippen LogP contribution in [0.25, 0.3) is 0 Å². The molecule has 8 heteroatoms. The summed E-state index contributed by atoms with van der Waals surface area (Å²) in [5, 5.41) is 9.20. The fourth-order valence-electron chi connectivity index (χ4n) is 3.25. The van der Waals surface area contributed by atoms with Crippen molar-refractivity contribution in [1.29, 1.82) is 0 Å². The van der Waals surface area contributed by atoms with Crippen LogP contribution in [0.1, 0.15) is 24.8 Å². The summed E-state index contributed by atoms with van der Waals surface area (Å²) in [5.74, 6) is 0.330. The van der Waals surface area contributed by atoms with E-state index in [-0.39, 0.29) is 23.9 Å². The first-order valence-electron chi connectivity index (χ1n) is 7.04. The number of carbonyl (C=O) groups is 1. The van der Waals surface area contributed by atoms with Crippen molar-refractivity contribution in [1.82, 2.24) is 9.88 Å². The van der Waals surface area contributed by atoms with Crippen LogP contribution in [0.4, 0.5) is 18.0 Å². The molecule has 5 nitrogen and oxygen atoms in total. The van der Waals surface area contributed by atoms with Crippen molar-refractivity contribution in [3.05, 3.63) is 23.9 Å². The van der Waals surface area contributed by atoms with Crippen molar-refractivity contribution >= 4 is 6.09 Å². The molecule has 3 fully saturated rings. The van der Waals surface area contributed by atoms with Gasteiger partial charge in [-0.25, -0.2) is 9.78 Å². The van der Waals surface area contributed by atoms with Crippen molar-refractivity contribution in [3.63, 3.8) is 0 Å². The fraction of sp³-hybridized carbons (Fsp3) is 0.571. The zero-order valence-corrected chi connectivity index (χ0v) is 11.6. The van der Waals surface area contributed by atoms with Gasteiger partial charge in [0.25, 0.3) is 0 Å². The highest BCUT2D eigenvalue weighted by Crippen LogP contribution is 2.37. The molecule has 3 aliphatic rings. The molecule has 2 saturated heterocycles. The summed E-state index contributed by atoms with van der Waals surface area (Å²) in [6.45, 7) is 0.500. The second-order valence-corrected chi connectivity index (χ2v) is 5.72. The maximum absolute atomic E-state index is 12.5. The lowest BCUT2D eigenvalue weighted by Gasteiger charge is -2.47. The fourth-order valence-corrected chi connectivity index (χ4v) is 3.25. The third kappa shape index (κ3) is 2.82. The van der Waals surface area contributed by atoms with Crippen LogP contribution in [0.15, 0.2) is 18.3 Å². The number of rotatable bonds is 2. The highest BCUT2D eigenvalue weighted by atomic mass is 19.4. The molecule has 1 saturated carbocycles. The van der Waals surface area contributed by atoms with Crippen molar-refractivity contribution < 1.29 is 27.8 Å². The zero-order chi connectivity index (χ0) is 15.9. The lowest BCUT2D eigenvalue weighted by molar-refractivity contribution is -0.137. The number of amides is 1. The summed E-state index contributed by atoms with van der Waals surface area (Å²) in [6.07, 6.45) is -2.68. The van der Waals surface area contributed by atoms with Gasteiger partial charge in [-0.3, -0.25) is 0 Å². The molecule has 1 aromatic rings. The smallest absolute Gasteiger partial charge is 0.417 e. The Morgan fingerprint density at radius 3 is 2.68 bits per heavy atom. The molecule has 2 bridgehead atoms. The van der Waals surface area contributed by atoms with E-state index in [0.717, 1.165) is 18.7 Å². The van der Waals surface area contributed by atoms with Gasteiger partial charge in [0, 0.05) is 18.8 Å². The number of nitrogens with zero attached hydrogens (tertiary/aromatic N) is 2. The molecule has 120 valence electrons. The van der Waals surface area contributed by atoms with Crippen LogP contribution in [0.2, 0.25) is 0 Å². The topological polar surface area (TPSA) is 62.7 Å². The number of aromatic nitrogens is 1. The summed E-state index contributed by atoms with van der Waals surface area (Å²) in [5.41, 5.74) is -0.836. The van der Waals surface area contributed by atoms with Gasteiger partial charge in [0.05, 0.1) is 11.6 Å². The van der Waals surface area contributed by atoms with Crippen LogP contribution >= 0.6 is 0 Å². The molecule has 0 spiro atoms. The second kappa shape index (κ2) is 5.33. The average molecular weight is 316 g/mol. The predicted octanol–water partition coefficient (Wildman–Crippen LogP) is 3.01. The first-order chi connectivity index (χ1) is 10.3. The van der Waals surface area contributed by atoms with E-state index >= 15 is 0 Å². The Hall–Kier alpha value is -1.99. The van der Waals surface area contributed by atoms with Gasteiger partial charge in [-0.2, -0.15) is 13.2 Å². The Morgan fingerprint density at radius 1 is 1.36 bits per heavy atom. The number of carboxylic acid groups (broad SMARTS) is 1. The third-order valence-electron chi connectivity index (χ3n) is 4.30. The minimum atomic E-state index is -4.43. The number of fused-ring (bicyclic) bond motifs is 3. The average Bonchev–Trinajstić information content (AvgIpc) is 2.47. The normalized spacial score (nSPS) is 27.8. The SMILES string of the molecule is O=C(O)N1CC2CCC1C(Oc1ccc(C(F)(F)F)cn1)C2. The standard InChI is InChI=1S/C14H15F3N2O3/c15-14(16,17)9-2-4-12(18-6-9)22-11-5-8-1-3-10(11)19(7-8)13(20)21/h2,4,6,8,10-11H,1,3,5,7H2,(H,20,21). The maximum Gasteiger partial charge on any atom is 0.417 e. The van der Waals surface area contributed by atoms with Gasteiger partial charge in [-0.1, -0.05) is 0 Å². The zero-order valence-electron chi connectivity index (χ0n) is 11.6. The molecule has 22 heavy (non-hydrogen) atoms. The molecule has 3 heterocycles. The van der Waals surface area contributed by atoms with Crippen LogP contribution in [-0.2, 0) is 6.18 Å². The first kappa shape index (κ1) is 14.9. The van der Waals surface area contributed by atoms with E-state index in [1.54, 1.807) is 0 Å². The summed E-state index contributed by atoms with van der Waals surface area (Å²) in [6, 6.07) is 1.83. The number of hydrogen-bond donors (Lipinski definition) is 1. The van der Waals surface area contributed by atoms with E-state index in [1.807, 2.05) is 0 Å². The molecular formula is C14H15F3N2O3. The Balaban J connectivity index is 1.72. The molecule has 4 rings (SSSR count). The Bertz CT molecular complexity index is 561. The summed E-state index contributed by atoms with van der Waals surface area (Å²) >= 11 is 0. The van der Waals surface area contributed by atoms with Gasteiger partial charge in [0.2, 0.25) is 5.88 Å². The molecule has 3 atom stereocenters. The van der Waals surface area contributed by atoms with E-state index < -0.39 is 17.8 Å². The summed E-state index contributed by atoms with van der Waals surface area (Å²) in [4.78, 5) is 16.3. The number of pyridine rings is 1. The van der Waals surface area contributed by atoms with Gasteiger partial charge in [0.1, 0.15) is 6.10 Å². The largest absolute Gasteiger partial charge is 0.472 e. The summed E-state index contributed by atoms with van der Waals surface area (Å²) in [7, 11) is 0. The van der Waals surface area contributed by atoms with Crippen molar-refractivity contribution in [3.8, 4) is 5.88 Å². The molecule has 1 amide bonds. The number of piperidine rings is 2. The lowest BCUT2D eigenvalue weighted by atomic mass is 9.78.